The molecule has 0 aliphatic carbocycles. The van der Waals surface area contributed by atoms with E-state index in [1.807, 2.05) is 54.6 Å². The highest BCUT2D eigenvalue weighted by Crippen LogP contribution is 2.25. The first kappa shape index (κ1) is 21.9. The highest BCUT2D eigenvalue weighted by atomic mass is 32.2. The summed E-state index contributed by atoms with van der Waals surface area (Å²) in [5.41, 5.74) is 3.41. The number of aromatic nitrogens is 5. The maximum absolute atomic E-state index is 13.5. The van der Waals surface area contributed by atoms with Crippen LogP contribution in [0.5, 0.6) is 0 Å². The summed E-state index contributed by atoms with van der Waals surface area (Å²) in [6, 6.07) is 15.0. The molecule has 34 heavy (non-hydrogen) atoms. The van der Waals surface area contributed by atoms with Crippen molar-refractivity contribution in [2.45, 2.75) is 32.3 Å². The number of anilines is 1. The van der Waals surface area contributed by atoms with Crippen molar-refractivity contribution in [3.8, 4) is 5.69 Å². The number of fused-ring (bicyclic) bond motifs is 3. The Morgan fingerprint density at radius 2 is 1.91 bits per heavy atom. The van der Waals surface area contributed by atoms with Crippen molar-refractivity contribution in [3.63, 3.8) is 0 Å². The van der Waals surface area contributed by atoms with E-state index in [1.54, 1.807) is 23.6 Å². The SMILES string of the molecule is Cc1ccc(-n2c(=O)c3ccccc3n3c(SCCC(=O)Nc4cc(C)on4)nnc23)c(C)c1. The number of hydrogen-bond donors (Lipinski definition) is 1. The van der Waals surface area contributed by atoms with E-state index in [1.165, 1.54) is 11.8 Å². The molecule has 2 aromatic carbocycles. The number of nitrogens with zero attached hydrogens (tertiary/aromatic N) is 5. The molecule has 5 aromatic rings. The molecule has 0 fully saturated rings. The van der Waals surface area contributed by atoms with Gasteiger partial charge in [-0.05, 0) is 44.5 Å². The van der Waals surface area contributed by atoms with Crippen molar-refractivity contribution in [1.82, 2.24) is 24.3 Å². The van der Waals surface area contributed by atoms with Gasteiger partial charge >= 0.3 is 0 Å². The Morgan fingerprint density at radius 3 is 2.68 bits per heavy atom. The molecule has 0 aliphatic heterocycles. The molecule has 5 rings (SSSR count). The van der Waals surface area contributed by atoms with E-state index < -0.39 is 0 Å². The van der Waals surface area contributed by atoms with Gasteiger partial charge in [0, 0.05) is 18.2 Å². The van der Waals surface area contributed by atoms with Gasteiger partial charge in [-0.25, -0.2) is 4.57 Å². The van der Waals surface area contributed by atoms with Crippen LogP contribution in [0.2, 0.25) is 0 Å². The number of carbonyl (C=O) groups is 1. The molecule has 0 atom stereocenters. The molecule has 0 radical (unpaired) electrons. The van der Waals surface area contributed by atoms with Crippen LogP contribution in [0.1, 0.15) is 23.3 Å². The third-order valence-corrected chi connectivity index (χ3v) is 6.37. The van der Waals surface area contributed by atoms with Gasteiger partial charge < -0.3 is 9.84 Å². The average Bonchev–Trinajstić information content (AvgIpc) is 3.41. The van der Waals surface area contributed by atoms with Crippen molar-refractivity contribution in [3.05, 3.63) is 75.8 Å². The standard InChI is InChI=1S/C24H22N6O3S/c1-14-8-9-18(15(2)12-14)29-22(32)17-6-4-5-7-19(17)30-23(29)26-27-24(30)34-11-10-21(31)25-20-13-16(3)33-28-20/h4-9,12-13H,10-11H2,1-3H3,(H,25,28,31). The topological polar surface area (TPSA) is 107 Å². The summed E-state index contributed by atoms with van der Waals surface area (Å²) in [7, 11) is 0. The number of amides is 1. The predicted molar refractivity (Wildman–Crippen MR) is 131 cm³/mol. The van der Waals surface area contributed by atoms with Crippen LogP contribution in [0.25, 0.3) is 22.4 Å². The Morgan fingerprint density at radius 1 is 1.09 bits per heavy atom. The van der Waals surface area contributed by atoms with E-state index in [4.69, 9.17) is 4.52 Å². The van der Waals surface area contributed by atoms with Crippen LogP contribution in [0.4, 0.5) is 5.82 Å². The Hall–Kier alpha value is -3.92. The fourth-order valence-corrected chi connectivity index (χ4v) is 4.79. The fraction of sp³-hybridized carbons (Fsp3) is 0.208. The van der Waals surface area contributed by atoms with Crippen LogP contribution >= 0.6 is 11.8 Å². The summed E-state index contributed by atoms with van der Waals surface area (Å²) in [5.74, 6) is 1.75. The smallest absolute Gasteiger partial charge is 0.267 e. The predicted octanol–water partition coefficient (Wildman–Crippen LogP) is 4.07. The molecule has 3 aromatic heterocycles. The van der Waals surface area contributed by atoms with Gasteiger partial charge in [0.25, 0.3) is 5.56 Å². The number of nitrogens with one attached hydrogen (secondary N) is 1. The van der Waals surface area contributed by atoms with Gasteiger partial charge in [0.1, 0.15) is 5.76 Å². The van der Waals surface area contributed by atoms with E-state index in [9.17, 15) is 9.59 Å². The molecule has 0 spiro atoms. The van der Waals surface area contributed by atoms with Crippen molar-refractivity contribution < 1.29 is 9.32 Å². The van der Waals surface area contributed by atoms with E-state index in [-0.39, 0.29) is 17.9 Å². The van der Waals surface area contributed by atoms with Crippen LogP contribution < -0.4 is 10.9 Å². The van der Waals surface area contributed by atoms with E-state index in [0.29, 0.717) is 33.7 Å². The van der Waals surface area contributed by atoms with Crippen LogP contribution in [-0.2, 0) is 4.79 Å². The van der Waals surface area contributed by atoms with Gasteiger partial charge in [0.2, 0.25) is 11.7 Å². The van der Waals surface area contributed by atoms with Crippen LogP contribution in [0, 0.1) is 20.8 Å². The lowest BCUT2D eigenvalue weighted by Crippen LogP contribution is -2.22. The zero-order valence-corrected chi connectivity index (χ0v) is 19.7. The summed E-state index contributed by atoms with van der Waals surface area (Å²) >= 11 is 1.40. The molecule has 1 N–H and O–H groups in total. The number of thioether (sulfide) groups is 1. The van der Waals surface area contributed by atoms with Gasteiger partial charge in [-0.3, -0.25) is 14.0 Å². The minimum Gasteiger partial charge on any atom is -0.360 e. The molecule has 10 heteroatoms. The first-order chi connectivity index (χ1) is 16.4. The molecular weight excluding hydrogens is 452 g/mol. The molecule has 172 valence electrons. The zero-order valence-electron chi connectivity index (χ0n) is 18.9. The highest BCUT2D eigenvalue weighted by Gasteiger charge is 2.19. The molecule has 0 unspecified atom stereocenters. The molecule has 0 aliphatic rings. The molecule has 9 nitrogen and oxygen atoms in total. The minimum atomic E-state index is -0.174. The van der Waals surface area contributed by atoms with Crippen molar-refractivity contribution in [2.24, 2.45) is 0 Å². The number of rotatable bonds is 6. The summed E-state index contributed by atoms with van der Waals surface area (Å²) in [6.07, 6.45) is 0.250. The van der Waals surface area contributed by atoms with Gasteiger partial charge in [-0.1, -0.05) is 46.7 Å². The highest BCUT2D eigenvalue weighted by molar-refractivity contribution is 7.99. The van der Waals surface area contributed by atoms with Crippen molar-refractivity contribution in [2.75, 3.05) is 11.1 Å². The lowest BCUT2D eigenvalue weighted by Gasteiger charge is -2.13. The molecule has 0 bridgehead atoms. The third-order valence-electron chi connectivity index (χ3n) is 5.44. The summed E-state index contributed by atoms with van der Waals surface area (Å²) in [5, 5.41) is 16.4. The number of benzene rings is 2. The van der Waals surface area contributed by atoms with Crippen molar-refractivity contribution >= 4 is 40.2 Å². The monoisotopic (exact) mass is 474 g/mol. The largest absolute Gasteiger partial charge is 0.360 e. The van der Waals surface area contributed by atoms with E-state index >= 15 is 0 Å². The number of hydrogen-bond acceptors (Lipinski definition) is 7. The van der Waals surface area contributed by atoms with Gasteiger partial charge in [-0.15, -0.1) is 10.2 Å². The van der Waals surface area contributed by atoms with Gasteiger partial charge in [-0.2, -0.15) is 0 Å². The maximum atomic E-state index is 13.5. The normalized spacial score (nSPS) is 11.4. The second kappa shape index (κ2) is 8.79. The first-order valence-electron chi connectivity index (χ1n) is 10.7. The van der Waals surface area contributed by atoms with Crippen molar-refractivity contribution in [1.29, 1.82) is 0 Å². The second-order valence-corrected chi connectivity index (χ2v) is 9.10. The summed E-state index contributed by atoms with van der Waals surface area (Å²) in [4.78, 5) is 25.8. The lowest BCUT2D eigenvalue weighted by atomic mass is 10.1. The average molecular weight is 475 g/mol. The number of aryl methyl sites for hydroxylation is 3. The Labute approximate surface area is 198 Å². The summed E-state index contributed by atoms with van der Waals surface area (Å²) in [6.45, 7) is 5.75. The third kappa shape index (κ3) is 3.96. The van der Waals surface area contributed by atoms with Crippen LogP contribution in [-0.4, -0.2) is 36.0 Å². The van der Waals surface area contributed by atoms with E-state index in [0.717, 1.165) is 22.3 Å². The van der Waals surface area contributed by atoms with Crippen LogP contribution in [0.3, 0.4) is 0 Å². The number of para-hydroxylation sites is 1. The summed E-state index contributed by atoms with van der Waals surface area (Å²) < 4.78 is 8.45. The molecule has 0 saturated heterocycles. The Bertz CT molecular complexity index is 1600. The zero-order chi connectivity index (χ0) is 23.8. The first-order valence-corrected chi connectivity index (χ1v) is 11.7. The second-order valence-electron chi connectivity index (χ2n) is 8.04. The molecule has 3 heterocycles. The maximum Gasteiger partial charge on any atom is 0.267 e. The lowest BCUT2D eigenvalue weighted by molar-refractivity contribution is -0.115. The Kier molecular flexibility index (Phi) is 5.66. The molecule has 1 amide bonds. The molecule has 0 saturated carbocycles. The van der Waals surface area contributed by atoms with E-state index in [2.05, 4.69) is 20.7 Å². The molecular formula is C24H22N6O3S. The minimum absolute atomic E-state index is 0.152. The van der Waals surface area contributed by atoms with Crippen LogP contribution in [0.15, 0.2) is 63.0 Å². The quantitative estimate of drug-likeness (QED) is 0.370. The van der Waals surface area contributed by atoms with Gasteiger partial charge in [0.05, 0.1) is 16.6 Å². The Balaban J connectivity index is 1.51. The fourth-order valence-electron chi connectivity index (χ4n) is 3.91. The number of carbonyl (C=O) groups excluding carboxylic acids is 1. The van der Waals surface area contributed by atoms with Gasteiger partial charge in [0.15, 0.2) is 11.0 Å².